The van der Waals surface area contributed by atoms with Crippen molar-refractivity contribution in [2.24, 2.45) is 0 Å². The minimum atomic E-state index is -0.903. The quantitative estimate of drug-likeness (QED) is 0.564. The molecule has 1 rings (SSSR count). The molecule has 0 saturated carbocycles. The van der Waals surface area contributed by atoms with Crippen LogP contribution in [0.25, 0.3) is 0 Å². The number of carboxylic acid groups (broad SMARTS) is 1. The number of hydrogen-bond acceptors (Lipinski definition) is 1. The Morgan fingerprint density at radius 2 is 2.56 bits per heavy atom. The van der Waals surface area contributed by atoms with E-state index in [-0.39, 0.29) is 5.57 Å². The molecule has 0 unspecified atom stereocenters. The van der Waals surface area contributed by atoms with Gasteiger partial charge in [-0.25, -0.2) is 4.79 Å². The van der Waals surface area contributed by atoms with E-state index in [1.54, 1.807) is 6.08 Å². The first-order valence-corrected chi connectivity index (χ1v) is 2.64. The van der Waals surface area contributed by atoms with Crippen molar-refractivity contribution in [1.29, 1.82) is 0 Å². The molecule has 0 amide bonds. The molecule has 9 heavy (non-hydrogen) atoms. The van der Waals surface area contributed by atoms with Crippen LogP contribution in [0.2, 0.25) is 0 Å². The van der Waals surface area contributed by atoms with Crippen molar-refractivity contribution in [3.8, 4) is 0 Å². The number of allylic oxidation sites excluding steroid dienone is 3. The Bertz CT molecular complexity index is 177. The van der Waals surface area contributed by atoms with Crippen molar-refractivity contribution in [3.63, 3.8) is 0 Å². The van der Waals surface area contributed by atoms with E-state index < -0.39 is 5.97 Å². The number of aliphatic carboxylic acids is 1. The molecule has 1 aliphatic rings. The summed E-state index contributed by atoms with van der Waals surface area (Å²) in [7, 11) is 0. The molecular formula is C7H6O2. The third-order valence-electron chi connectivity index (χ3n) is 1.04. The first-order chi connectivity index (χ1) is 4.30. The predicted octanol–water partition coefficient (Wildman–Crippen LogP) is 1.04. The maximum atomic E-state index is 10.2. The van der Waals surface area contributed by atoms with E-state index in [0.717, 1.165) is 0 Å². The van der Waals surface area contributed by atoms with Gasteiger partial charge in [0.15, 0.2) is 0 Å². The van der Waals surface area contributed by atoms with E-state index in [1.807, 2.05) is 6.08 Å². The molecule has 0 saturated heterocycles. The van der Waals surface area contributed by atoms with Crippen LogP contribution in [0.4, 0.5) is 0 Å². The van der Waals surface area contributed by atoms with Crippen LogP contribution in [-0.2, 0) is 4.79 Å². The summed E-state index contributed by atoms with van der Waals surface area (Å²) in [6, 6.07) is 0. The van der Waals surface area contributed by atoms with E-state index in [9.17, 15) is 4.79 Å². The van der Waals surface area contributed by atoms with Gasteiger partial charge >= 0.3 is 5.97 Å². The number of carbonyl (C=O) groups is 1. The van der Waals surface area contributed by atoms with Crippen LogP contribution < -0.4 is 0 Å². The monoisotopic (exact) mass is 122 g/mol. The van der Waals surface area contributed by atoms with Gasteiger partial charge in [0.1, 0.15) is 0 Å². The topological polar surface area (TPSA) is 37.3 Å². The summed E-state index contributed by atoms with van der Waals surface area (Å²) in [6.07, 6.45) is 8.41. The van der Waals surface area contributed by atoms with Crippen LogP contribution >= 0.6 is 0 Å². The number of rotatable bonds is 1. The van der Waals surface area contributed by atoms with E-state index in [2.05, 4.69) is 6.42 Å². The van der Waals surface area contributed by atoms with Gasteiger partial charge in [0, 0.05) is 12.0 Å². The second-order valence-corrected chi connectivity index (χ2v) is 1.69. The highest BCUT2D eigenvalue weighted by Crippen LogP contribution is 2.09. The SMILES string of the molecule is O=C(O)C1=CC=CC[C]1. The molecule has 0 bridgehead atoms. The fourth-order valence-electron chi connectivity index (χ4n) is 0.607. The Balaban J connectivity index is 2.68. The molecule has 0 heterocycles. The Labute approximate surface area is 53.5 Å². The third-order valence-corrected chi connectivity index (χ3v) is 1.04. The second-order valence-electron chi connectivity index (χ2n) is 1.69. The molecule has 0 aromatic rings. The molecule has 0 aromatic heterocycles. The van der Waals surface area contributed by atoms with Crippen molar-refractivity contribution in [2.75, 3.05) is 0 Å². The fourth-order valence-corrected chi connectivity index (χ4v) is 0.607. The maximum Gasteiger partial charge on any atom is 0.332 e. The normalized spacial score (nSPS) is 17.1. The van der Waals surface area contributed by atoms with Gasteiger partial charge in [-0.3, -0.25) is 0 Å². The molecule has 0 aliphatic heterocycles. The Morgan fingerprint density at radius 1 is 1.78 bits per heavy atom. The van der Waals surface area contributed by atoms with Crippen LogP contribution in [0.15, 0.2) is 23.8 Å². The lowest BCUT2D eigenvalue weighted by atomic mass is 10.1. The summed E-state index contributed by atoms with van der Waals surface area (Å²) in [5, 5.41) is 8.37. The lowest BCUT2D eigenvalue weighted by molar-refractivity contribution is -0.132. The van der Waals surface area contributed by atoms with Gasteiger partial charge in [-0.15, -0.1) is 0 Å². The van der Waals surface area contributed by atoms with Gasteiger partial charge in [0.2, 0.25) is 0 Å². The van der Waals surface area contributed by atoms with Crippen LogP contribution in [-0.4, -0.2) is 11.1 Å². The number of hydrogen-bond donors (Lipinski definition) is 1. The van der Waals surface area contributed by atoms with Crippen LogP contribution in [0, 0.1) is 6.42 Å². The lowest BCUT2D eigenvalue weighted by Gasteiger charge is -1.99. The number of carboxylic acids is 1. The summed E-state index contributed by atoms with van der Waals surface area (Å²) in [6.45, 7) is 0. The summed E-state index contributed by atoms with van der Waals surface area (Å²) in [4.78, 5) is 10.2. The highest BCUT2D eigenvalue weighted by molar-refractivity contribution is 5.89. The molecule has 2 nitrogen and oxygen atoms in total. The van der Waals surface area contributed by atoms with Crippen LogP contribution in [0.5, 0.6) is 0 Å². The van der Waals surface area contributed by atoms with Crippen molar-refractivity contribution in [1.82, 2.24) is 0 Å². The Hall–Kier alpha value is -1.05. The molecule has 2 radical (unpaired) electrons. The Kier molecular flexibility index (Phi) is 1.68. The minimum absolute atomic E-state index is 0.262. The highest BCUT2D eigenvalue weighted by Gasteiger charge is 2.06. The largest absolute Gasteiger partial charge is 0.478 e. The van der Waals surface area contributed by atoms with Crippen molar-refractivity contribution in [2.45, 2.75) is 6.42 Å². The fraction of sp³-hybridized carbons (Fsp3) is 0.143. The minimum Gasteiger partial charge on any atom is -0.478 e. The zero-order valence-corrected chi connectivity index (χ0v) is 4.79. The van der Waals surface area contributed by atoms with Crippen molar-refractivity contribution >= 4 is 5.97 Å². The molecule has 0 fully saturated rings. The summed E-state index contributed by atoms with van der Waals surface area (Å²) in [5.74, 6) is -0.903. The first-order valence-electron chi connectivity index (χ1n) is 2.64. The summed E-state index contributed by atoms with van der Waals surface area (Å²) >= 11 is 0. The third kappa shape index (κ3) is 1.42. The maximum absolute atomic E-state index is 10.2. The molecule has 0 spiro atoms. The van der Waals surface area contributed by atoms with E-state index >= 15 is 0 Å². The standard InChI is InChI=1S/C7H6O2/c8-7(9)6-4-2-1-3-5-6/h1-2,4H,3H2,(H,8,9). The van der Waals surface area contributed by atoms with Gasteiger partial charge in [0.25, 0.3) is 0 Å². The predicted molar refractivity (Wildman–Crippen MR) is 32.7 cm³/mol. The summed E-state index contributed by atoms with van der Waals surface area (Å²) in [5.41, 5.74) is 0.262. The van der Waals surface area contributed by atoms with Gasteiger partial charge in [-0.05, 0) is 6.42 Å². The second kappa shape index (κ2) is 2.49. The van der Waals surface area contributed by atoms with Crippen LogP contribution in [0.1, 0.15) is 6.42 Å². The Morgan fingerprint density at radius 3 is 2.89 bits per heavy atom. The molecular weight excluding hydrogens is 116 g/mol. The summed E-state index contributed by atoms with van der Waals surface area (Å²) < 4.78 is 0. The van der Waals surface area contributed by atoms with E-state index in [4.69, 9.17) is 5.11 Å². The molecule has 2 heteroatoms. The average molecular weight is 122 g/mol. The first kappa shape index (κ1) is 6.08. The zero-order chi connectivity index (χ0) is 6.69. The highest BCUT2D eigenvalue weighted by atomic mass is 16.4. The average Bonchev–Trinajstić information content (AvgIpc) is 1.90. The van der Waals surface area contributed by atoms with E-state index in [1.165, 1.54) is 6.08 Å². The van der Waals surface area contributed by atoms with Crippen molar-refractivity contribution < 1.29 is 9.90 Å². The van der Waals surface area contributed by atoms with Gasteiger partial charge in [-0.1, -0.05) is 18.2 Å². The zero-order valence-electron chi connectivity index (χ0n) is 4.79. The van der Waals surface area contributed by atoms with E-state index in [0.29, 0.717) is 6.42 Å². The van der Waals surface area contributed by atoms with Gasteiger partial charge in [-0.2, -0.15) is 0 Å². The smallest absolute Gasteiger partial charge is 0.332 e. The molecule has 1 aliphatic carbocycles. The van der Waals surface area contributed by atoms with Gasteiger partial charge < -0.3 is 5.11 Å². The molecule has 0 atom stereocenters. The molecule has 0 aromatic carbocycles. The molecule has 1 N–H and O–H groups in total. The van der Waals surface area contributed by atoms with Crippen molar-refractivity contribution in [3.05, 3.63) is 30.2 Å². The van der Waals surface area contributed by atoms with Gasteiger partial charge in [0.05, 0.1) is 0 Å². The lowest BCUT2D eigenvalue weighted by Crippen LogP contribution is -2.01. The van der Waals surface area contributed by atoms with Crippen LogP contribution in [0.3, 0.4) is 0 Å². The molecule has 46 valence electrons.